The van der Waals surface area contributed by atoms with Crippen molar-refractivity contribution in [1.29, 1.82) is 0 Å². The summed E-state index contributed by atoms with van der Waals surface area (Å²) in [5.74, 6) is 0.272. The minimum absolute atomic E-state index is 0.374. The van der Waals surface area contributed by atoms with Gasteiger partial charge in [0.05, 0.1) is 18.8 Å². The van der Waals surface area contributed by atoms with Crippen LogP contribution in [0.3, 0.4) is 0 Å². The highest BCUT2D eigenvalue weighted by atomic mass is 16.3. The molecular formula is C39H79NO5. The molecule has 0 aliphatic carbocycles. The molecule has 0 heterocycles. The molecule has 0 aliphatic heterocycles. The van der Waals surface area contributed by atoms with Crippen molar-refractivity contribution in [2.75, 3.05) is 6.61 Å². The molecule has 6 heteroatoms. The summed E-state index contributed by atoms with van der Waals surface area (Å²) in [6.07, 6.45) is 31.4. The number of unbranched alkanes of at least 4 members (excludes halogenated alkanes) is 24. The highest BCUT2D eigenvalue weighted by molar-refractivity contribution is 5.80. The number of nitrogens with one attached hydrogen (secondary N) is 1. The van der Waals surface area contributed by atoms with Crippen molar-refractivity contribution in [3.8, 4) is 0 Å². The van der Waals surface area contributed by atoms with Gasteiger partial charge >= 0.3 is 0 Å². The molecule has 4 atom stereocenters. The van der Waals surface area contributed by atoms with E-state index in [0.717, 1.165) is 44.4 Å². The number of rotatable bonds is 35. The number of aliphatic hydroxyl groups is 4. The molecule has 0 unspecified atom stereocenters. The Kier molecular flexibility index (Phi) is 32.7. The SMILES string of the molecule is CCCCCCCCCCC[C@@H](O)[C@@H](O)[C@H](CO)NC(=O)[C@H](O)CCCCCCCCCCCCCCCCCCCC(C)C. The van der Waals surface area contributed by atoms with E-state index in [2.05, 4.69) is 26.1 Å². The molecule has 270 valence electrons. The number of carbonyl (C=O) groups excluding carboxylic acids is 1. The Bertz CT molecular complexity index is 616. The molecule has 0 aliphatic rings. The van der Waals surface area contributed by atoms with Crippen molar-refractivity contribution < 1.29 is 25.2 Å². The predicted octanol–water partition coefficient (Wildman–Crippen LogP) is 9.54. The Morgan fingerprint density at radius 2 is 0.844 bits per heavy atom. The second-order valence-corrected chi connectivity index (χ2v) is 14.5. The molecule has 0 saturated carbocycles. The van der Waals surface area contributed by atoms with E-state index in [4.69, 9.17) is 0 Å². The predicted molar refractivity (Wildman–Crippen MR) is 191 cm³/mol. The van der Waals surface area contributed by atoms with Crippen LogP contribution in [0, 0.1) is 5.92 Å². The summed E-state index contributed by atoms with van der Waals surface area (Å²) >= 11 is 0. The topological polar surface area (TPSA) is 110 Å². The summed E-state index contributed by atoms with van der Waals surface area (Å²) in [7, 11) is 0. The van der Waals surface area contributed by atoms with Gasteiger partial charge in [-0.3, -0.25) is 4.79 Å². The Balaban J connectivity index is 3.69. The van der Waals surface area contributed by atoms with E-state index in [9.17, 15) is 25.2 Å². The van der Waals surface area contributed by atoms with Crippen LogP contribution in [0.15, 0.2) is 0 Å². The zero-order valence-corrected chi connectivity index (χ0v) is 30.3. The molecular weight excluding hydrogens is 562 g/mol. The quantitative estimate of drug-likeness (QED) is 0.0443. The summed E-state index contributed by atoms with van der Waals surface area (Å²) in [4.78, 5) is 12.4. The van der Waals surface area contributed by atoms with Gasteiger partial charge in [-0.2, -0.15) is 0 Å². The maximum absolute atomic E-state index is 12.4. The molecule has 5 N–H and O–H groups in total. The molecule has 0 spiro atoms. The molecule has 0 bridgehead atoms. The van der Waals surface area contributed by atoms with Crippen molar-refractivity contribution >= 4 is 5.91 Å². The molecule has 6 nitrogen and oxygen atoms in total. The van der Waals surface area contributed by atoms with Crippen molar-refractivity contribution in [2.45, 2.75) is 231 Å². The van der Waals surface area contributed by atoms with Crippen molar-refractivity contribution in [1.82, 2.24) is 5.32 Å². The lowest BCUT2D eigenvalue weighted by atomic mass is 9.99. The first-order chi connectivity index (χ1) is 21.8. The van der Waals surface area contributed by atoms with Gasteiger partial charge in [-0.1, -0.05) is 194 Å². The minimum Gasteiger partial charge on any atom is -0.394 e. The van der Waals surface area contributed by atoms with Crippen LogP contribution in [0.4, 0.5) is 0 Å². The Morgan fingerprint density at radius 1 is 0.511 bits per heavy atom. The van der Waals surface area contributed by atoms with Crippen molar-refractivity contribution in [3.63, 3.8) is 0 Å². The maximum Gasteiger partial charge on any atom is 0.249 e. The fourth-order valence-electron chi connectivity index (χ4n) is 6.29. The van der Waals surface area contributed by atoms with Crippen LogP contribution in [0.2, 0.25) is 0 Å². The molecule has 0 radical (unpaired) electrons. The van der Waals surface area contributed by atoms with Crippen LogP contribution in [0.5, 0.6) is 0 Å². The maximum atomic E-state index is 12.4. The fraction of sp³-hybridized carbons (Fsp3) is 0.974. The monoisotopic (exact) mass is 642 g/mol. The van der Waals surface area contributed by atoms with Crippen LogP contribution in [0.1, 0.15) is 207 Å². The first kappa shape index (κ1) is 44.3. The van der Waals surface area contributed by atoms with Crippen LogP contribution in [0.25, 0.3) is 0 Å². The third-order valence-electron chi connectivity index (χ3n) is 9.50. The van der Waals surface area contributed by atoms with Gasteiger partial charge in [0.15, 0.2) is 0 Å². The normalized spacial score (nSPS) is 14.5. The second-order valence-electron chi connectivity index (χ2n) is 14.5. The van der Waals surface area contributed by atoms with E-state index in [0.29, 0.717) is 12.8 Å². The largest absolute Gasteiger partial charge is 0.394 e. The lowest BCUT2D eigenvalue weighted by molar-refractivity contribution is -0.132. The van der Waals surface area contributed by atoms with E-state index >= 15 is 0 Å². The molecule has 0 aromatic carbocycles. The Morgan fingerprint density at radius 3 is 1.20 bits per heavy atom. The minimum atomic E-state index is -1.25. The summed E-state index contributed by atoms with van der Waals surface area (Å²) in [6, 6.07) is -0.977. The number of amides is 1. The second kappa shape index (κ2) is 33.2. The van der Waals surface area contributed by atoms with E-state index in [1.54, 1.807) is 0 Å². The Hall–Kier alpha value is -0.690. The molecule has 0 aromatic heterocycles. The van der Waals surface area contributed by atoms with Crippen molar-refractivity contribution in [3.05, 3.63) is 0 Å². The van der Waals surface area contributed by atoms with Gasteiger partial charge in [-0.15, -0.1) is 0 Å². The number of hydrogen-bond donors (Lipinski definition) is 5. The highest BCUT2D eigenvalue weighted by Crippen LogP contribution is 2.17. The molecule has 0 rings (SSSR count). The highest BCUT2D eigenvalue weighted by Gasteiger charge is 2.28. The van der Waals surface area contributed by atoms with Crippen LogP contribution >= 0.6 is 0 Å². The molecule has 1 amide bonds. The van der Waals surface area contributed by atoms with Gasteiger partial charge < -0.3 is 25.7 Å². The average molecular weight is 642 g/mol. The summed E-state index contributed by atoms with van der Waals surface area (Å²) in [5.41, 5.74) is 0. The lowest BCUT2D eigenvalue weighted by Crippen LogP contribution is -2.53. The van der Waals surface area contributed by atoms with Gasteiger partial charge in [0, 0.05) is 0 Å². The first-order valence-electron chi connectivity index (χ1n) is 19.8. The molecule has 0 aromatic rings. The van der Waals surface area contributed by atoms with Gasteiger partial charge in [0.25, 0.3) is 0 Å². The third-order valence-corrected chi connectivity index (χ3v) is 9.50. The zero-order chi connectivity index (χ0) is 33.4. The number of hydrogen-bond acceptors (Lipinski definition) is 5. The van der Waals surface area contributed by atoms with Gasteiger partial charge in [-0.25, -0.2) is 0 Å². The van der Waals surface area contributed by atoms with Gasteiger partial charge in [-0.05, 0) is 18.8 Å². The third kappa shape index (κ3) is 29.2. The fourth-order valence-corrected chi connectivity index (χ4v) is 6.29. The molecule has 0 fully saturated rings. The van der Waals surface area contributed by atoms with E-state index < -0.39 is 36.9 Å². The summed E-state index contributed by atoms with van der Waals surface area (Å²) < 4.78 is 0. The van der Waals surface area contributed by atoms with Gasteiger partial charge in [0.2, 0.25) is 5.91 Å². The lowest BCUT2D eigenvalue weighted by Gasteiger charge is -2.27. The van der Waals surface area contributed by atoms with E-state index in [1.165, 1.54) is 135 Å². The molecule has 0 saturated heterocycles. The van der Waals surface area contributed by atoms with E-state index in [1.807, 2.05) is 0 Å². The first-order valence-corrected chi connectivity index (χ1v) is 19.8. The zero-order valence-electron chi connectivity index (χ0n) is 30.3. The molecule has 45 heavy (non-hydrogen) atoms. The van der Waals surface area contributed by atoms with Crippen LogP contribution in [-0.4, -0.2) is 57.3 Å². The average Bonchev–Trinajstić information content (AvgIpc) is 3.03. The van der Waals surface area contributed by atoms with Crippen molar-refractivity contribution in [2.24, 2.45) is 5.92 Å². The van der Waals surface area contributed by atoms with E-state index in [-0.39, 0.29) is 0 Å². The van der Waals surface area contributed by atoms with Gasteiger partial charge in [0.1, 0.15) is 12.2 Å². The number of aliphatic hydroxyl groups excluding tert-OH is 4. The smallest absolute Gasteiger partial charge is 0.249 e. The Labute approximate surface area is 279 Å². The summed E-state index contributed by atoms with van der Waals surface area (Å²) in [5, 5.41) is 43.4. The number of carbonyl (C=O) groups is 1. The van der Waals surface area contributed by atoms with Crippen LogP contribution < -0.4 is 5.32 Å². The standard InChI is InChI=1S/C39H79NO5/c1-4-5-6-7-8-18-22-25-28-31-36(42)38(44)35(33-41)40-39(45)37(43)32-29-26-23-20-17-15-13-11-9-10-12-14-16-19-21-24-27-30-34(2)3/h34-38,41-44H,4-33H2,1-3H3,(H,40,45)/t35-,36+,37+,38-/m0/s1. The van der Waals surface area contributed by atoms with Crippen LogP contribution in [-0.2, 0) is 4.79 Å². The summed E-state index contributed by atoms with van der Waals surface area (Å²) in [6.45, 7) is 6.38.